The van der Waals surface area contributed by atoms with Crippen LogP contribution < -0.4 is 0 Å². The first kappa shape index (κ1) is 72.2. The van der Waals surface area contributed by atoms with E-state index in [1.54, 1.807) is 0 Å². The van der Waals surface area contributed by atoms with Gasteiger partial charge in [-0.25, -0.2) is 0 Å². The number of hydrogen-bond acceptors (Lipinski definition) is 6. The second kappa shape index (κ2) is 63.7. The molecule has 0 aliphatic carbocycles. The number of hydrogen-bond donors (Lipinski definition) is 0. The maximum Gasteiger partial charge on any atom is 0.306 e. The first-order valence-electron chi connectivity index (χ1n) is 33.7. The van der Waals surface area contributed by atoms with Crippen molar-refractivity contribution in [1.82, 2.24) is 0 Å². The van der Waals surface area contributed by atoms with E-state index in [1.807, 2.05) is 0 Å². The van der Waals surface area contributed by atoms with Gasteiger partial charge in [0, 0.05) is 19.3 Å². The first-order valence-corrected chi connectivity index (χ1v) is 33.7. The number of rotatable bonds is 63. The second-order valence-corrected chi connectivity index (χ2v) is 23.1. The third-order valence-electron chi connectivity index (χ3n) is 15.5. The topological polar surface area (TPSA) is 78.9 Å². The summed E-state index contributed by atoms with van der Waals surface area (Å²) in [6.07, 6.45) is 75.2. The third kappa shape index (κ3) is 61.0. The van der Waals surface area contributed by atoms with Crippen LogP contribution in [-0.2, 0) is 28.6 Å². The lowest BCUT2D eigenvalue weighted by atomic mass is 10.0. The minimum absolute atomic E-state index is 0.0626. The number of esters is 3. The molecule has 0 amide bonds. The molecule has 1 unspecified atom stereocenters. The van der Waals surface area contributed by atoms with Crippen LogP contribution in [0, 0.1) is 0 Å². The van der Waals surface area contributed by atoms with Crippen LogP contribution in [0.1, 0.15) is 387 Å². The van der Waals surface area contributed by atoms with Crippen molar-refractivity contribution in [1.29, 1.82) is 0 Å². The molecule has 0 bridgehead atoms. The average Bonchev–Trinajstić information content (AvgIpc) is 3.40. The van der Waals surface area contributed by atoms with Crippen molar-refractivity contribution in [2.45, 2.75) is 393 Å². The van der Waals surface area contributed by atoms with Crippen molar-refractivity contribution < 1.29 is 28.6 Å². The van der Waals surface area contributed by atoms with Gasteiger partial charge in [-0.15, -0.1) is 0 Å². The van der Waals surface area contributed by atoms with Crippen LogP contribution in [0.4, 0.5) is 0 Å². The van der Waals surface area contributed by atoms with Gasteiger partial charge in [-0.3, -0.25) is 14.4 Å². The molecule has 0 saturated carbocycles. The van der Waals surface area contributed by atoms with Gasteiger partial charge >= 0.3 is 17.9 Å². The zero-order chi connectivity index (χ0) is 53.6. The molecule has 0 aromatic heterocycles. The lowest BCUT2D eigenvalue weighted by Gasteiger charge is -2.18. The molecule has 0 heterocycles. The number of ether oxygens (including phenoxy) is 3. The van der Waals surface area contributed by atoms with E-state index < -0.39 is 6.10 Å². The normalized spacial score (nSPS) is 12.0. The summed E-state index contributed by atoms with van der Waals surface area (Å²) in [5.74, 6) is -0.830. The third-order valence-corrected chi connectivity index (χ3v) is 15.5. The molecule has 0 fully saturated rings. The number of carbonyl (C=O) groups excluding carboxylic acids is 3. The highest BCUT2D eigenvalue weighted by Crippen LogP contribution is 2.18. The van der Waals surface area contributed by atoms with Crippen LogP contribution in [0.2, 0.25) is 0 Å². The fourth-order valence-electron chi connectivity index (χ4n) is 10.4. The van der Waals surface area contributed by atoms with Crippen LogP contribution in [0.15, 0.2) is 12.2 Å². The molecule has 6 heteroatoms. The number of unbranched alkanes of at least 4 members (excludes halogenated alkanes) is 50. The maximum atomic E-state index is 12.9. The van der Waals surface area contributed by atoms with E-state index in [2.05, 4.69) is 32.9 Å². The van der Waals surface area contributed by atoms with Crippen LogP contribution in [0.25, 0.3) is 0 Å². The summed E-state index contributed by atoms with van der Waals surface area (Å²) < 4.78 is 17.0. The van der Waals surface area contributed by atoms with E-state index in [1.165, 1.54) is 289 Å². The Hall–Kier alpha value is -1.85. The SMILES string of the molecule is CCCCCCCCCC/C=C\CCCCCCCCCCCCCCCCCC(=O)OCC(COC(=O)CCCCCCCCCCCCCC)OC(=O)CCCCCCCCCCCCCCCCCCC. The van der Waals surface area contributed by atoms with Gasteiger partial charge in [-0.2, -0.15) is 0 Å². The number of carbonyl (C=O) groups is 3. The van der Waals surface area contributed by atoms with Gasteiger partial charge in [-0.05, 0) is 44.9 Å². The molecule has 0 aromatic carbocycles. The molecule has 1 atom stereocenters. The standard InChI is InChI=1S/C68H130O6/c1-4-7-10-13-16-19-22-25-27-29-30-31-32-33-34-35-36-37-38-40-41-43-46-49-52-55-58-61-67(70)73-64-65(63-72-66(69)60-57-54-51-48-45-24-21-18-15-12-9-6-3)74-68(71)62-59-56-53-50-47-44-42-39-28-26-23-20-17-14-11-8-5-2/h29-30,65H,4-28,31-64H2,1-3H3/b30-29-. The molecule has 74 heavy (non-hydrogen) atoms. The smallest absolute Gasteiger partial charge is 0.306 e. The number of allylic oxidation sites excluding steroid dienone is 2. The molecule has 0 aliphatic rings. The zero-order valence-electron chi connectivity index (χ0n) is 50.4. The van der Waals surface area contributed by atoms with E-state index in [4.69, 9.17) is 14.2 Å². The molecule has 0 spiro atoms. The van der Waals surface area contributed by atoms with Crippen molar-refractivity contribution in [2.24, 2.45) is 0 Å². The Kier molecular flexibility index (Phi) is 62.1. The Bertz CT molecular complexity index is 1150. The highest BCUT2D eigenvalue weighted by Gasteiger charge is 2.19. The average molecular weight is 1040 g/mol. The Morgan fingerprint density at radius 3 is 0.676 bits per heavy atom. The predicted octanol–water partition coefficient (Wildman–Crippen LogP) is 22.8. The summed E-state index contributed by atoms with van der Waals surface area (Å²) in [5.41, 5.74) is 0. The van der Waals surface area contributed by atoms with Gasteiger partial charge in [0.1, 0.15) is 13.2 Å². The van der Waals surface area contributed by atoms with Gasteiger partial charge in [0.2, 0.25) is 0 Å². The fraction of sp³-hybridized carbons (Fsp3) is 0.926. The van der Waals surface area contributed by atoms with Crippen molar-refractivity contribution >= 4 is 17.9 Å². The Balaban J connectivity index is 4.16. The first-order chi connectivity index (χ1) is 36.5. The molecule has 0 N–H and O–H groups in total. The summed E-state index contributed by atoms with van der Waals surface area (Å²) >= 11 is 0. The van der Waals surface area contributed by atoms with E-state index in [0.717, 1.165) is 57.8 Å². The van der Waals surface area contributed by atoms with Crippen LogP contribution in [0.5, 0.6) is 0 Å². The largest absolute Gasteiger partial charge is 0.462 e. The Morgan fingerprint density at radius 1 is 0.257 bits per heavy atom. The van der Waals surface area contributed by atoms with Crippen LogP contribution in [0.3, 0.4) is 0 Å². The van der Waals surface area contributed by atoms with Gasteiger partial charge < -0.3 is 14.2 Å². The van der Waals surface area contributed by atoms with Gasteiger partial charge in [0.15, 0.2) is 6.10 Å². The van der Waals surface area contributed by atoms with Gasteiger partial charge in [0.05, 0.1) is 0 Å². The summed E-state index contributed by atoms with van der Waals surface area (Å²) in [4.78, 5) is 38.3. The molecule has 0 aliphatic heterocycles. The lowest BCUT2D eigenvalue weighted by molar-refractivity contribution is -0.167. The molecule has 0 radical (unpaired) electrons. The molecule has 0 aromatic rings. The minimum Gasteiger partial charge on any atom is -0.462 e. The second-order valence-electron chi connectivity index (χ2n) is 23.1. The zero-order valence-corrected chi connectivity index (χ0v) is 50.4. The van der Waals surface area contributed by atoms with Gasteiger partial charge in [-0.1, -0.05) is 335 Å². The molecule has 438 valence electrons. The molecule has 0 rings (SSSR count). The summed E-state index contributed by atoms with van der Waals surface area (Å²) in [6.45, 7) is 6.72. The molecule has 0 saturated heterocycles. The van der Waals surface area contributed by atoms with Crippen LogP contribution in [-0.4, -0.2) is 37.2 Å². The van der Waals surface area contributed by atoms with Crippen molar-refractivity contribution in [2.75, 3.05) is 13.2 Å². The lowest BCUT2D eigenvalue weighted by Crippen LogP contribution is -2.30. The fourth-order valence-corrected chi connectivity index (χ4v) is 10.4. The highest BCUT2D eigenvalue weighted by molar-refractivity contribution is 5.71. The van der Waals surface area contributed by atoms with Crippen molar-refractivity contribution in [3.8, 4) is 0 Å². The van der Waals surface area contributed by atoms with E-state index >= 15 is 0 Å². The Morgan fingerprint density at radius 2 is 0.446 bits per heavy atom. The minimum atomic E-state index is -0.764. The summed E-state index contributed by atoms with van der Waals surface area (Å²) in [7, 11) is 0. The maximum absolute atomic E-state index is 12.9. The summed E-state index contributed by atoms with van der Waals surface area (Å²) in [6, 6.07) is 0. The quantitative estimate of drug-likeness (QED) is 0.0261. The monoisotopic (exact) mass is 1040 g/mol. The van der Waals surface area contributed by atoms with E-state index in [0.29, 0.717) is 19.3 Å². The highest BCUT2D eigenvalue weighted by atomic mass is 16.6. The van der Waals surface area contributed by atoms with Crippen LogP contribution >= 0.6 is 0 Å². The van der Waals surface area contributed by atoms with Gasteiger partial charge in [0.25, 0.3) is 0 Å². The van der Waals surface area contributed by atoms with E-state index in [9.17, 15) is 14.4 Å². The van der Waals surface area contributed by atoms with Crippen molar-refractivity contribution in [3.05, 3.63) is 12.2 Å². The van der Waals surface area contributed by atoms with Crippen molar-refractivity contribution in [3.63, 3.8) is 0 Å². The molecule has 6 nitrogen and oxygen atoms in total. The molecular formula is C68H130O6. The molecular weight excluding hydrogens is 913 g/mol. The predicted molar refractivity (Wildman–Crippen MR) is 321 cm³/mol. The summed E-state index contributed by atoms with van der Waals surface area (Å²) in [5, 5.41) is 0. The van der Waals surface area contributed by atoms with E-state index in [-0.39, 0.29) is 31.1 Å². The Labute approximate surface area is 462 Å².